The Morgan fingerprint density at radius 1 is 0.829 bits per heavy atom. The zero-order valence-corrected chi connectivity index (χ0v) is 20.4. The first-order valence-corrected chi connectivity index (χ1v) is 13.4. The van der Waals surface area contributed by atoms with Crippen LogP contribution in [-0.4, -0.2) is 69.0 Å². The van der Waals surface area contributed by atoms with Crippen LogP contribution in [0.1, 0.15) is 17.0 Å². The highest BCUT2D eigenvalue weighted by Gasteiger charge is 2.30. The van der Waals surface area contributed by atoms with E-state index in [2.05, 4.69) is 5.32 Å². The van der Waals surface area contributed by atoms with Gasteiger partial charge < -0.3 is 10.2 Å². The predicted molar refractivity (Wildman–Crippen MR) is 136 cm³/mol. The van der Waals surface area contributed by atoms with Gasteiger partial charge in [-0.15, -0.1) is 0 Å². The fraction of sp³-hybridized carbons (Fsp3) is 0.259. The lowest BCUT2D eigenvalue weighted by Crippen LogP contribution is -2.51. The van der Waals surface area contributed by atoms with E-state index in [0.717, 1.165) is 17.4 Å². The first-order chi connectivity index (χ1) is 16.8. The Kier molecular flexibility index (Phi) is 7.63. The number of hydrogen-bond donors (Lipinski definition) is 1. The lowest BCUT2D eigenvalue weighted by molar-refractivity contribution is -0.133. The van der Waals surface area contributed by atoms with E-state index in [0.29, 0.717) is 31.9 Å². The predicted octanol–water partition coefficient (Wildman–Crippen LogP) is 3.00. The van der Waals surface area contributed by atoms with Crippen molar-refractivity contribution in [3.8, 4) is 0 Å². The van der Waals surface area contributed by atoms with Crippen LogP contribution in [0.3, 0.4) is 0 Å². The molecule has 3 aromatic carbocycles. The third kappa shape index (κ3) is 6.35. The zero-order chi connectivity index (χ0) is 24.8. The molecule has 1 heterocycles. The van der Waals surface area contributed by atoms with E-state index in [1.807, 2.05) is 70.5 Å². The number of sulfone groups is 1. The number of anilines is 1. The van der Waals surface area contributed by atoms with Gasteiger partial charge in [-0.25, -0.2) is 8.42 Å². The van der Waals surface area contributed by atoms with Crippen LogP contribution in [-0.2, 0) is 19.4 Å². The van der Waals surface area contributed by atoms with Gasteiger partial charge in [0.25, 0.3) is 0 Å². The molecule has 2 amide bonds. The summed E-state index contributed by atoms with van der Waals surface area (Å²) in [5, 5.41) is 2.77. The number of rotatable bonds is 7. The zero-order valence-electron chi connectivity index (χ0n) is 19.6. The van der Waals surface area contributed by atoms with Crippen molar-refractivity contribution in [3.05, 3.63) is 96.1 Å². The van der Waals surface area contributed by atoms with Crippen LogP contribution in [0.5, 0.6) is 0 Å². The molecule has 0 saturated carbocycles. The van der Waals surface area contributed by atoms with E-state index in [-0.39, 0.29) is 29.2 Å². The molecule has 0 aromatic heterocycles. The van der Waals surface area contributed by atoms with Crippen molar-refractivity contribution in [2.45, 2.75) is 10.8 Å². The maximum atomic E-state index is 13.6. The van der Waals surface area contributed by atoms with Crippen molar-refractivity contribution in [1.29, 1.82) is 0 Å². The minimum absolute atomic E-state index is 0.0593. The lowest BCUT2D eigenvalue weighted by atomic mass is 9.90. The molecule has 182 valence electrons. The molecule has 1 fully saturated rings. The molecule has 0 atom stereocenters. The van der Waals surface area contributed by atoms with Crippen molar-refractivity contribution < 1.29 is 18.0 Å². The number of hydrogen-bond acceptors (Lipinski definition) is 5. The second kappa shape index (κ2) is 10.8. The van der Waals surface area contributed by atoms with E-state index >= 15 is 0 Å². The van der Waals surface area contributed by atoms with E-state index in [1.165, 1.54) is 12.1 Å². The molecule has 1 saturated heterocycles. The summed E-state index contributed by atoms with van der Waals surface area (Å²) in [6.07, 6.45) is 1.13. The van der Waals surface area contributed by atoms with Gasteiger partial charge in [0.1, 0.15) is 0 Å². The van der Waals surface area contributed by atoms with E-state index in [4.69, 9.17) is 0 Å². The fourth-order valence-corrected chi connectivity index (χ4v) is 4.95. The number of amides is 2. The molecule has 0 spiro atoms. The average molecular weight is 492 g/mol. The largest absolute Gasteiger partial charge is 0.339 e. The molecule has 35 heavy (non-hydrogen) atoms. The SMILES string of the molecule is CS(=O)(=O)c1cccc(NC(=O)CN2CCN(C(=O)C(c3ccccc3)c3ccccc3)CC2)c1. The van der Waals surface area contributed by atoms with Crippen molar-refractivity contribution in [2.75, 3.05) is 44.3 Å². The second-order valence-corrected chi connectivity index (χ2v) is 10.7. The van der Waals surface area contributed by atoms with Gasteiger partial charge in [-0.3, -0.25) is 14.5 Å². The van der Waals surface area contributed by atoms with Gasteiger partial charge in [0, 0.05) is 38.1 Å². The van der Waals surface area contributed by atoms with Crippen molar-refractivity contribution >= 4 is 27.3 Å². The second-order valence-electron chi connectivity index (χ2n) is 8.70. The summed E-state index contributed by atoms with van der Waals surface area (Å²) in [4.78, 5) is 30.1. The van der Waals surface area contributed by atoms with Crippen LogP contribution in [0.4, 0.5) is 5.69 Å². The van der Waals surface area contributed by atoms with E-state index in [1.54, 1.807) is 12.1 Å². The summed E-state index contributed by atoms with van der Waals surface area (Å²) >= 11 is 0. The quantitative estimate of drug-likeness (QED) is 0.549. The number of piperazine rings is 1. The van der Waals surface area contributed by atoms with Crippen LogP contribution in [0.2, 0.25) is 0 Å². The standard InChI is InChI=1S/C27H29N3O4S/c1-35(33,34)24-14-8-13-23(19-24)28-25(31)20-29-15-17-30(18-16-29)27(32)26(21-9-4-2-5-10-21)22-11-6-3-7-12-22/h2-14,19,26H,15-18,20H2,1H3,(H,28,31). The highest BCUT2D eigenvalue weighted by atomic mass is 32.2. The minimum Gasteiger partial charge on any atom is -0.339 e. The Morgan fingerprint density at radius 3 is 1.94 bits per heavy atom. The van der Waals surface area contributed by atoms with Crippen LogP contribution in [0.25, 0.3) is 0 Å². The summed E-state index contributed by atoms with van der Waals surface area (Å²) in [6, 6.07) is 25.8. The van der Waals surface area contributed by atoms with E-state index < -0.39 is 9.84 Å². The molecule has 7 nitrogen and oxygen atoms in total. The average Bonchev–Trinajstić information content (AvgIpc) is 2.85. The summed E-state index contributed by atoms with van der Waals surface area (Å²) in [5.41, 5.74) is 2.36. The lowest BCUT2D eigenvalue weighted by Gasteiger charge is -2.36. The molecule has 3 aromatic rings. The fourth-order valence-electron chi connectivity index (χ4n) is 4.29. The number of nitrogens with zero attached hydrogens (tertiary/aromatic N) is 2. The smallest absolute Gasteiger partial charge is 0.238 e. The van der Waals surface area contributed by atoms with Gasteiger partial charge in [-0.2, -0.15) is 0 Å². The topological polar surface area (TPSA) is 86.8 Å². The monoisotopic (exact) mass is 491 g/mol. The molecule has 1 aliphatic rings. The number of benzene rings is 3. The molecule has 0 radical (unpaired) electrons. The van der Waals surface area contributed by atoms with Crippen molar-refractivity contribution in [3.63, 3.8) is 0 Å². The molecule has 8 heteroatoms. The maximum Gasteiger partial charge on any atom is 0.238 e. The Bertz CT molecular complexity index is 1230. The van der Waals surface area contributed by atoms with E-state index in [9.17, 15) is 18.0 Å². The summed E-state index contributed by atoms with van der Waals surface area (Å²) in [7, 11) is -3.35. The molecule has 1 N–H and O–H groups in total. The summed E-state index contributed by atoms with van der Waals surface area (Å²) < 4.78 is 23.5. The Labute approximate surface area is 206 Å². The van der Waals surface area contributed by atoms with Crippen LogP contribution >= 0.6 is 0 Å². The Morgan fingerprint density at radius 2 is 1.40 bits per heavy atom. The molecule has 0 unspecified atom stereocenters. The molecule has 1 aliphatic heterocycles. The van der Waals surface area contributed by atoms with Crippen LogP contribution in [0, 0.1) is 0 Å². The third-order valence-electron chi connectivity index (χ3n) is 6.11. The highest BCUT2D eigenvalue weighted by Crippen LogP contribution is 2.27. The maximum absolute atomic E-state index is 13.6. The molecule has 0 aliphatic carbocycles. The highest BCUT2D eigenvalue weighted by molar-refractivity contribution is 7.90. The first-order valence-electron chi connectivity index (χ1n) is 11.5. The normalized spacial score (nSPS) is 14.6. The molecular weight excluding hydrogens is 462 g/mol. The van der Waals surface area contributed by atoms with Gasteiger partial charge >= 0.3 is 0 Å². The van der Waals surface area contributed by atoms with Crippen LogP contribution in [0.15, 0.2) is 89.8 Å². The first kappa shape index (κ1) is 24.6. The van der Waals surface area contributed by atoms with Gasteiger partial charge in [-0.05, 0) is 29.3 Å². The third-order valence-corrected chi connectivity index (χ3v) is 7.22. The number of carbonyl (C=O) groups excluding carboxylic acids is 2. The van der Waals surface area contributed by atoms with Gasteiger partial charge in [0.15, 0.2) is 9.84 Å². The van der Waals surface area contributed by atoms with Gasteiger partial charge in [-0.1, -0.05) is 66.7 Å². The summed E-state index contributed by atoms with van der Waals surface area (Å²) in [5.74, 6) is -0.527. The number of nitrogens with one attached hydrogen (secondary N) is 1. The molecule has 0 bridgehead atoms. The van der Waals surface area contributed by atoms with Gasteiger partial charge in [0.05, 0.1) is 17.4 Å². The number of carbonyl (C=O) groups is 2. The van der Waals surface area contributed by atoms with Crippen molar-refractivity contribution in [1.82, 2.24) is 9.80 Å². The van der Waals surface area contributed by atoms with Crippen LogP contribution < -0.4 is 5.32 Å². The Balaban J connectivity index is 1.36. The minimum atomic E-state index is -3.35. The van der Waals surface area contributed by atoms with Gasteiger partial charge in [0.2, 0.25) is 11.8 Å². The summed E-state index contributed by atoms with van der Waals surface area (Å²) in [6.45, 7) is 2.40. The molecular formula is C27H29N3O4S. The Hall–Kier alpha value is -3.49. The molecule has 4 rings (SSSR count). The van der Waals surface area contributed by atoms with Crippen molar-refractivity contribution in [2.24, 2.45) is 0 Å².